The molecule has 314 valence electrons. The van der Waals surface area contributed by atoms with Gasteiger partial charge in [0.15, 0.2) is 5.78 Å². The van der Waals surface area contributed by atoms with Gasteiger partial charge in [0.25, 0.3) is 20.0 Å². The van der Waals surface area contributed by atoms with Crippen LogP contribution in [0.15, 0.2) is 143 Å². The van der Waals surface area contributed by atoms with Gasteiger partial charge in [0.05, 0.1) is 42.3 Å². The van der Waals surface area contributed by atoms with Crippen LogP contribution >= 0.6 is 46.4 Å². The Morgan fingerprint density at radius 3 is 1.47 bits per heavy atom. The quantitative estimate of drug-likeness (QED) is 0.0926. The zero-order valence-electron chi connectivity index (χ0n) is 29.9. The van der Waals surface area contributed by atoms with Crippen molar-refractivity contribution in [1.82, 2.24) is 0 Å². The lowest BCUT2D eigenvalue weighted by molar-refractivity contribution is -0.138. The van der Waals surface area contributed by atoms with Crippen LogP contribution in [0, 0.1) is 0 Å². The summed E-state index contributed by atoms with van der Waals surface area (Å²) in [7, 11) is -8.93. The van der Waals surface area contributed by atoms with Gasteiger partial charge >= 0.3 is 12.4 Å². The van der Waals surface area contributed by atoms with Crippen LogP contribution in [0.25, 0.3) is 0 Å². The highest BCUT2D eigenvalue weighted by atomic mass is 35.5. The highest BCUT2D eigenvalue weighted by Crippen LogP contribution is 2.39. The van der Waals surface area contributed by atoms with E-state index in [2.05, 4.69) is 9.44 Å². The van der Waals surface area contributed by atoms with Gasteiger partial charge in [-0.15, -0.1) is 0 Å². The van der Waals surface area contributed by atoms with Crippen molar-refractivity contribution in [2.24, 2.45) is 0 Å². The van der Waals surface area contributed by atoms with E-state index in [0.29, 0.717) is 23.3 Å². The van der Waals surface area contributed by atoms with E-state index in [9.17, 15) is 53.1 Å². The Morgan fingerprint density at radius 2 is 0.983 bits per heavy atom. The summed E-state index contributed by atoms with van der Waals surface area (Å²) in [5.74, 6) is -0.489. The molecule has 8 nitrogen and oxygen atoms in total. The van der Waals surface area contributed by atoms with Crippen LogP contribution in [0.3, 0.4) is 0 Å². The molecule has 0 radical (unpaired) electrons. The SMILES string of the molecule is O=C(c1ccccc1)c1ccc(Cl)cc1NS(=O)(=O)c1ccc(Cl)c(C(F)(F)F)c1.O=S(=O)(Nc1cc(Cl)ccc1C(O)c1ccccc1)c1ccc(Cl)c(C(F)(F)F)c1. The van der Waals surface area contributed by atoms with Gasteiger partial charge in [-0.05, 0) is 72.3 Å². The molecule has 0 heterocycles. The molecule has 0 aromatic heterocycles. The van der Waals surface area contributed by atoms with Gasteiger partial charge in [0.1, 0.15) is 6.10 Å². The van der Waals surface area contributed by atoms with Crippen molar-refractivity contribution in [2.45, 2.75) is 28.2 Å². The summed E-state index contributed by atoms with van der Waals surface area (Å²) in [5, 5.41) is 9.72. The number of carbonyl (C=O) groups is 1. The predicted octanol–water partition coefficient (Wildman–Crippen LogP) is 11.9. The van der Waals surface area contributed by atoms with Crippen molar-refractivity contribution in [3.8, 4) is 0 Å². The Labute approximate surface area is 359 Å². The largest absolute Gasteiger partial charge is 0.417 e. The van der Waals surface area contributed by atoms with E-state index in [4.69, 9.17) is 46.4 Å². The van der Waals surface area contributed by atoms with Crippen LogP contribution in [0.4, 0.5) is 37.7 Å². The smallest absolute Gasteiger partial charge is 0.384 e. The van der Waals surface area contributed by atoms with Crippen LogP contribution < -0.4 is 9.44 Å². The molecule has 0 saturated heterocycles. The molecular weight excluding hydrogens is 924 g/mol. The average molecular weight is 951 g/mol. The van der Waals surface area contributed by atoms with Crippen molar-refractivity contribution in [3.63, 3.8) is 0 Å². The van der Waals surface area contributed by atoms with Crippen LogP contribution in [-0.4, -0.2) is 27.7 Å². The summed E-state index contributed by atoms with van der Waals surface area (Å²) in [5.41, 5.74) is -1.85. The third-order valence-corrected chi connectivity index (χ3v) is 12.1. The molecule has 20 heteroatoms. The molecule has 0 saturated carbocycles. The number of benzene rings is 6. The Hall–Kier alpha value is -4.81. The summed E-state index contributed by atoms with van der Waals surface area (Å²) in [6.45, 7) is 0. The molecule has 6 rings (SSSR count). The summed E-state index contributed by atoms with van der Waals surface area (Å²) in [6, 6.07) is 29.1. The fraction of sp³-hybridized carbons (Fsp3) is 0.0750. The van der Waals surface area contributed by atoms with E-state index < -0.39 is 75.2 Å². The second kappa shape index (κ2) is 18.4. The van der Waals surface area contributed by atoms with Gasteiger partial charge in [-0.1, -0.05) is 113 Å². The molecule has 1 atom stereocenters. The lowest BCUT2D eigenvalue weighted by atomic mass is 10.0. The van der Waals surface area contributed by atoms with Gasteiger partial charge in [-0.3, -0.25) is 14.2 Å². The summed E-state index contributed by atoms with van der Waals surface area (Å²) in [6.07, 6.45) is -10.9. The summed E-state index contributed by atoms with van der Waals surface area (Å²) >= 11 is 23.0. The second-order valence-electron chi connectivity index (χ2n) is 12.4. The lowest BCUT2D eigenvalue weighted by Crippen LogP contribution is -2.17. The first-order chi connectivity index (χ1) is 28.0. The van der Waals surface area contributed by atoms with E-state index in [1.807, 2.05) is 0 Å². The van der Waals surface area contributed by atoms with E-state index in [1.165, 1.54) is 36.4 Å². The van der Waals surface area contributed by atoms with Crippen LogP contribution in [0.5, 0.6) is 0 Å². The molecule has 3 N–H and O–H groups in total. The normalized spacial score (nSPS) is 12.5. The van der Waals surface area contributed by atoms with Gasteiger partial charge in [0.2, 0.25) is 0 Å². The lowest BCUT2D eigenvalue weighted by Gasteiger charge is -2.18. The van der Waals surface area contributed by atoms with Gasteiger partial charge in [0, 0.05) is 26.7 Å². The Kier molecular flexibility index (Phi) is 14.2. The van der Waals surface area contributed by atoms with Gasteiger partial charge < -0.3 is 5.11 Å². The molecule has 0 aliphatic heterocycles. The van der Waals surface area contributed by atoms with E-state index in [0.717, 1.165) is 24.3 Å². The van der Waals surface area contributed by atoms with Crippen LogP contribution in [0.2, 0.25) is 20.1 Å². The average Bonchev–Trinajstić information content (AvgIpc) is 3.17. The number of aliphatic hydroxyl groups excluding tert-OH is 1. The zero-order chi connectivity index (χ0) is 44.2. The highest BCUT2D eigenvalue weighted by molar-refractivity contribution is 7.93. The molecule has 0 amide bonds. The van der Waals surface area contributed by atoms with E-state index >= 15 is 0 Å². The minimum absolute atomic E-state index is 0.0146. The molecule has 6 aromatic rings. The van der Waals surface area contributed by atoms with Crippen LogP contribution in [-0.2, 0) is 32.4 Å². The van der Waals surface area contributed by atoms with Crippen molar-refractivity contribution < 1.29 is 53.1 Å². The van der Waals surface area contributed by atoms with E-state index in [-0.39, 0.29) is 32.5 Å². The monoisotopic (exact) mass is 948 g/mol. The van der Waals surface area contributed by atoms with Crippen molar-refractivity contribution in [1.29, 1.82) is 0 Å². The molecular formula is C40H26Cl4F6N2O6S2. The highest BCUT2D eigenvalue weighted by Gasteiger charge is 2.36. The Bertz CT molecular complexity index is 2760. The zero-order valence-corrected chi connectivity index (χ0v) is 34.5. The minimum atomic E-state index is -4.84. The number of nitrogens with one attached hydrogen (secondary N) is 2. The molecule has 60 heavy (non-hydrogen) atoms. The van der Waals surface area contributed by atoms with Gasteiger partial charge in [-0.2, -0.15) is 26.3 Å². The Balaban J connectivity index is 0.000000228. The second-order valence-corrected chi connectivity index (χ2v) is 17.5. The molecule has 6 aromatic carbocycles. The molecule has 0 spiro atoms. The van der Waals surface area contributed by atoms with Crippen LogP contribution in [0.1, 0.15) is 44.3 Å². The maximum absolute atomic E-state index is 13.1. The Morgan fingerprint density at radius 1 is 0.550 bits per heavy atom. The van der Waals surface area contributed by atoms with Crippen molar-refractivity contribution >= 4 is 83.6 Å². The first kappa shape index (κ1) is 46.3. The fourth-order valence-corrected chi connectivity index (χ4v) is 8.39. The van der Waals surface area contributed by atoms with Gasteiger partial charge in [-0.25, -0.2) is 16.8 Å². The summed E-state index contributed by atoms with van der Waals surface area (Å²) in [4.78, 5) is 11.5. The molecule has 0 fully saturated rings. The topological polar surface area (TPSA) is 130 Å². The number of carbonyl (C=O) groups excluding carboxylic acids is 1. The maximum atomic E-state index is 13.1. The fourth-order valence-electron chi connectivity index (χ4n) is 5.40. The number of halogens is 10. The molecule has 1 unspecified atom stereocenters. The number of alkyl halides is 6. The standard InChI is InChI=1S/C20H14Cl2F3NO3S.C20H12Cl2F3NO3S/c2*21-13-6-8-15(19(27)12-4-2-1-3-5-12)18(10-13)26-30(28,29)14-7-9-17(22)16(11-14)20(23,24)25/h1-11,19,26-27H;1-11,26H. The van der Waals surface area contributed by atoms with Crippen molar-refractivity contribution in [2.75, 3.05) is 9.44 Å². The maximum Gasteiger partial charge on any atom is 0.417 e. The first-order valence-electron chi connectivity index (χ1n) is 16.7. The van der Waals surface area contributed by atoms with Crippen molar-refractivity contribution in [3.05, 3.63) is 187 Å². The number of aliphatic hydroxyl groups is 1. The third kappa shape index (κ3) is 11.3. The summed E-state index contributed by atoms with van der Waals surface area (Å²) < 4.78 is 134. The number of ketones is 1. The number of hydrogen-bond acceptors (Lipinski definition) is 6. The molecule has 0 aliphatic carbocycles. The number of anilines is 2. The third-order valence-electron chi connectivity index (χ3n) is 8.28. The molecule has 0 bridgehead atoms. The number of sulfonamides is 2. The van der Waals surface area contributed by atoms with E-state index in [1.54, 1.807) is 60.7 Å². The first-order valence-corrected chi connectivity index (χ1v) is 21.2. The minimum Gasteiger partial charge on any atom is -0.384 e. The molecule has 0 aliphatic rings. The number of hydrogen-bond donors (Lipinski definition) is 3. The number of rotatable bonds is 10. The predicted molar refractivity (Wildman–Crippen MR) is 218 cm³/mol.